The zero-order valence-electron chi connectivity index (χ0n) is 22.4. The lowest BCUT2D eigenvalue weighted by atomic mass is 9.66. The number of hydrogen-bond donors (Lipinski definition) is 1. The maximum Gasteiger partial charge on any atom is 0.248 e. The molecule has 0 aromatic heterocycles. The highest BCUT2D eigenvalue weighted by molar-refractivity contribution is 5.99. The molecule has 8 nitrogen and oxygen atoms in total. The molecule has 8 heteroatoms. The molecule has 0 aromatic carbocycles. The van der Waals surface area contributed by atoms with Crippen LogP contribution in [0.3, 0.4) is 0 Å². The number of likely N-dealkylation sites (N-methyl/N-ethyl adjacent to an activating group) is 1. The Morgan fingerprint density at radius 2 is 1.83 bits per heavy atom. The fourth-order valence-electron chi connectivity index (χ4n) is 6.59. The van der Waals surface area contributed by atoms with Gasteiger partial charge >= 0.3 is 0 Å². The number of aliphatic hydroxyl groups excluding tert-OH is 1. The first-order chi connectivity index (χ1) is 17.2. The van der Waals surface area contributed by atoms with Gasteiger partial charge in [0.05, 0.1) is 17.4 Å². The molecule has 3 amide bonds. The van der Waals surface area contributed by atoms with Crippen LogP contribution in [0.25, 0.3) is 0 Å². The second-order valence-electron chi connectivity index (χ2n) is 10.8. The van der Waals surface area contributed by atoms with Crippen molar-refractivity contribution in [3.63, 3.8) is 0 Å². The van der Waals surface area contributed by atoms with Crippen molar-refractivity contribution in [1.82, 2.24) is 14.7 Å². The number of nitrogens with zero attached hydrogens (tertiary/aromatic N) is 3. The van der Waals surface area contributed by atoms with E-state index in [0.717, 1.165) is 25.7 Å². The SMILES string of the molecule is C=CCN(C)C(=O)[C@H]1[C@H]2C(=O)N(CCCCCO)C(C(=O)N(CC=C)CCCCC)C23CC[C@]1(C)O3. The van der Waals surface area contributed by atoms with E-state index in [-0.39, 0.29) is 24.3 Å². The van der Waals surface area contributed by atoms with E-state index in [2.05, 4.69) is 20.1 Å². The molecular weight excluding hydrogens is 458 g/mol. The van der Waals surface area contributed by atoms with Gasteiger partial charge < -0.3 is 24.5 Å². The maximum atomic E-state index is 14.2. The zero-order valence-corrected chi connectivity index (χ0v) is 22.4. The van der Waals surface area contributed by atoms with E-state index in [4.69, 9.17) is 4.74 Å². The van der Waals surface area contributed by atoms with Gasteiger partial charge in [-0.3, -0.25) is 14.4 Å². The van der Waals surface area contributed by atoms with E-state index in [1.54, 1.807) is 33.9 Å². The number of likely N-dealkylation sites (tertiary alicyclic amines) is 1. The summed E-state index contributed by atoms with van der Waals surface area (Å²) in [6, 6.07) is -0.755. The largest absolute Gasteiger partial charge is 0.396 e. The topological polar surface area (TPSA) is 90.4 Å². The Bertz CT molecular complexity index is 847. The minimum atomic E-state index is -1.00. The highest BCUT2D eigenvalue weighted by Gasteiger charge is 2.78. The van der Waals surface area contributed by atoms with Gasteiger partial charge in [0.25, 0.3) is 0 Å². The molecule has 2 unspecified atom stereocenters. The molecule has 3 saturated heterocycles. The first kappa shape index (κ1) is 28.4. The molecule has 3 aliphatic heterocycles. The fourth-order valence-corrected chi connectivity index (χ4v) is 6.59. The van der Waals surface area contributed by atoms with Crippen LogP contribution >= 0.6 is 0 Å². The molecule has 0 radical (unpaired) electrons. The summed E-state index contributed by atoms with van der Waals surface area (Å²) >= 11 is 0. The summed E-state index contributed by atoms with van der Waals surface area (Å²) in [6.07, 6.45) is 9.65. The number of aliphatic hydroxyl groups is 1. The van der Waals surface area contributed by atoms with Crippen LogP contribution in [0, 0.1) is 11.8 Å². The Morgan fingerprint density at radius 1 is 1.11 bits per heavy atom. The standard InChI is InChI=1S/C28H45N3O5/c1-6-9-11-18-30(17-8-3)26(35)23-28-15-14-27(4,36-28)21(24(33)29(5)16-7-2)22(28)25(34)31(23)19-12-10-13-20-32/h7-8,21-23,32H,2-3,6,9-20H2,1,4-5H3/t21-,22+,23?,27+,28?/m1/s1. The molecule has 0 saturated carbocycles. The Labute approximate surface area is 216 Å². The lowest BCUT2D eigenvalue weighted by Crippen LogP contribution is -2.56. The van der Waals surface area contributed by atoms with E-state index in [1.165, 1.54) is 0 Å². The van der Waals surface area contributed by atoms with Crippen molar-refractivity contribution in [2.75, 3.05) is 39.8 Å². The predicted octanol–water partition coefficient (Wildman–Crippen LogP) is 2.76. The van der Waals surface area contributed by atoms with Crippen molar-refractivity contribution in [2.45, 2.75) is 82.5 Å². The number of rotatable bonds is 15. The highest BCUT2D eigenvalue weighted by atomic mass is 16.5. The van der Waals surface area contributed by atoms with Crippen molar-refractivity contribution in [3.05, 3.63) is 25.3 Å². The quantitative estimate of drug-likeness (QED) is 0.274. The number of unbranched alkanes of at least 4 members (excludes halogenated alkanes) is 4. The first-order valence-electron chi connectivity index (χ1n) is 13.6. The predicted molar refractivity (Wildman–Crippen MR) is 139 cm³/mol. The normalized spacial score (nSPS) is 30.4. The van der Waals surface area contributed by atoms with Gasteiger partial charge in [0, 0.05) is 39.8 Å². The summed E-state index contributed by atoms with van der Waals surface area (Å²) in [5.74, 6) is -1.70. The average Bonchev–Trinajstić information content (AvgIpc) is 3.41. The summed E-state index contributed by atoms with van der Waals surface area (Å²) in [7, 11) is 1.72. The molecule has 2 bridgehead atoms. The Hall–Kier alpha value is -2.19. The smallest absolute Gasteiger partial charge is 0.248 e. The minimum absolute atomic E-state index is 0.0983. The number of carbonyl (C=O) groups excluding carboxylic acids is 3. The van der Waals surface area contributed by atoms with Crippen LogP contribution < -0.4 is 0 Å². The van der Waals surface area contributed by atoms with Crippen LogP contribution in [0.1, 0.15) is 65.2 Å². The maximum absolute atomic E-state index is 14.2. The van der Waals surface area contributed by atoms with E-state index in [1.807, 2.05) is 6.92 Å². The van der Waals surface area contributed by atoms with E-state index in [9.17, 15) is 19.5 Å². The van der Waals surface area contributed by atoms with Gasteiger partial charge in [0.15, 0.2) is 0 Å². The third kappa shape index (κ3) is 4.99. The Morgan fingerprint density at radius 3 is 2.47 bits per heavy atom. The zero-order chi connectivity index (χ0) is 26.5. The molecule has 36 heavy (non-hydrogen) atoms. The van der Waals surface area contributed by atoms with Gasteiger partial charge in [-0.25, -0.2) is 0 Å². The van der Waals surface area contributed by atoms with E-state index >= 15 is 0 Å². The van der Waals surface area contributed by atoms with Crippen molar-refractivity contribution in [2.24, 2.45) is 11.8 Å². The van der Waals surface area contributed by atoms with Gasteiger partial charge in [0.1, 0.15) is 11.6 Å². The van der Waals surface area contributed by atoms with Crippen LogP contribution in [-0.4, -0.2) is 94.6 Å². The van der Waals surface area contributed by atoms with E-state index < -0.39 is 29.1 Å². The molecule has 0 aromatic rings. The van der Waals surface area contributed by atoms with Crippen LogP contribution in [-0.2, 0) is 19.1 Å². The van der Waals surface area contributed by atoms with Gasteiger partial charge in [-0.2, -0.15) is 0 Å². The first-order valence-corrected chi connectivity index (χ1v) is 13.6. The molecule has 5 atom stereocenters. The molecular formula is C28H45N3O5. The van der Waals surface area contributed by atoms with Crippen LogP contribution in [0.2, 0.25) is 0 Å². The van der Waals surface area contributed by atoms with E-state index in [0.29, 0.717) is 51.9 Å². The van der Waals surface area contributed by atoms with Crippen molar-refractivity contribution < 1.29 is 24.2 Å². The lowest BCUT2D eigenvalue weighted by Gasteiger charge is -2.37. The van der Waals surface area contributed by atoms with Crippen molar-refractivity contribution in [3.8, 4) is 0 Å². The van der Waals surface area contributed by atoms with Crippen LogP contribution in [0.15, 0.2) is 25.3 Å². The second kappa shape index (κ2) is 11.9. The van der Waals surface area contributed by atoms with Gasteiger partial charge in [-0.05, 0) is 45.4 Å². The average molecular weight is 504 g/mol. The summed E-state index contributed by atoms with van der Waals surface area (Å²) in [6.45, 7) is 13.5. The molecule has 3 heterocycles. The molecule has 3 fully saturated rings. The monoisotopic (exact) mass is 503 g/mol. The minimum Gasteiger partial charge on any atom is -0.396 e. The number of carbonyl (C=O) groups is 3. The van der Waals surface area contributed by atoms with Crippen LogP contribution in [0.4, 0.5) is 0 Å². The van der Waals surface area contributed by atoms with Gasteiger partial charge in [-0.1, -0.05) is 31.9 Å². The molecule has 1 N–H and O–H groups in total. The van der Waals surface area contributed by atoms with Gasteiger partial charge in [0.2, 0.25) is 17.7 Å². The Balaban J connectivity index is 1.99. The summed E-state index contributed by atoms with van der Waals surface area (Å²) in [5, 5.41) is 9.20. The van der Waals surface area contributed by atoms with Crippen molar-refractivity contribution in [1.29, 1.82) is 0 Å². The molecule has 0 aliphatic carbocycles. The molecule has 1 spiro atoms. The van der Waals surface area contributed by atoms with Gasteiger partial charge in [-0.15, -0.1) is 13.2 Å². The molecule has 3 rings (SSSR count). The third-order valence-electron chi connectivity index (χ3n) is 8.31. The second-order valence-corrected chi connectivity index (χ2v) is 10.8. The summed E-state index contributed by atoms with van der Waals surface area (Å²) < 4.78 is 6.70. The fraction of sp³-hybridized carbons (Fsp3) is 0.750. The van der Waals surface area contributed by atoms with Crippen molar-refractivity contribution >= 4 is 17.7 Å². The molecule has 202 valence electrons. The lowest BCUT2D eigenvalue weighted by molar-refractivity contribution is -0.153. The number of amides is 3. The highest BCUT2D eigenvalue weighted by Crippen LogP contribution is 2.63. The third-order valence-corrected chi connectivity index (χ3v) is 8.31. The summed E-state index contributed by atoms with van der Waals surface area (Å²) in [5.41, 5.74) is -1.78. The Kier molecular flexibility index (Phi) is 9.39. The summed E-state index contributed by atoms with van der Waals surface area (Å²) in [4.78, 5) is 46.9. The number of ether oxygens (including phenoxy) is 1. The molecule has 3 aliphatic rings. The number of fused-ring (bicyclic) bond motifs is 1. The van der Waals surface area contributed by atoms with Crippen LogP contribution in [0.5, 0.6) is 0 Å². The number of hydrogen-bond acceptors (Lipinski definition) is 5.